The summed E-state index contributed by atoms with van der Waals surface area (Å²) < 4.78 is 4.90. The second kappa shape index (κ2) is 5.51. The Morgan fingerprint density at radius 1 is 1.22 bits per heavy atom. The Balaban J connectivity index is 2.02. The third-order valence-electron chi connectivity index (χ3n) is 2.79. The fourth-order valence-electron chi connectivity index (χ4n) is 1.73. The van der Waals surface area contributed by atoms with E-state index < -0.39 is 0 Å². The number of carbonyl (C=O) groups excluding carboxylic acids is 1. The summed E-state index contributed by atoms with van der Waals surface area (Å²) in [4.78, 5) is 13.6. The predicted octanol–water partition coefficient (Wildman–Crippen LogP) is 2.01. The van der Waals surface area contributed by atoms with E-state index in [0.29, 0.717) is 18.7 Å². The van der Waals surface area contributed by atoms with Crippen molar-refractivity contribution in [1.82, 2.24) is 4.90 Å². The van der Waals surface area contributed by atoms with Crippen LogP contribution in [0, 0.1) is 0 Å². The number of benzene rings is 1. The third-order valence-corrected chi connectivity index (χ3v) is 2.79. The zero-order valence-electron chi connectivity index (χ0n) is 10.3. The summed E-state index contributed by atoms with van der Waals surface area (Å²) in [6, 6.07) is 9.59. The molecule has 0 bridgehead atoms. The van der Waals surface area contributed by atoms with Crippen LogP contribution in [0.4, 0.5) is 0 Å². The first kappa shape index (κ1) is 12.4. The minimum atomic E-state index is -0.0494. The van der Waals surface area contributed by atoms with Gasteiger partial charge < -0.3 is 15.1 Å². The van der Waals surface area contributed by atoms with E-state index in [-0.39, 0.29) is 5.91 Å². The van der Waals surface area contributed by atoms with Gasteiger partial charge in [0, 0.05) is 20.1 Å². The van der Waals surface area contributed by atoms with Crippen LogP contribution in [0.3, 0.4) is 0 Å². The molecule has 2 N–H and O–H groups in total. The van der Waals surface area contributed by atoms with Crippen molar-refractivity contribution in [2.24, 2.45) is 5.73 Å². The number of amides is 1. The van der Waals surface area contributed by atoms with Crippen LogP contribution in [-0.2, 0) is 13.1 Å². The Labute approximate surface area is 106 Å². The molecule has 18 heavy (non-hydrogen) atoms. The molecule has 2 aromatic rings. The quantitative estimate of drug-likeness (QED) is 0.895. The first-order valence-electron chi connectivity index (χ1n) is 5.76. The zero-order valence-corrected chi connectivity index (χ0v) is 10.3. The molecule has 2 rings (SSSR count). The maximum atomic E-state index is 12.0. The second-order valence-electron chi connectivity index (χ2n) is 4.19. The third kappa shape index (κ3) is 2.78. The summed E-state index contributed by atoms with van der Waals surface area (Å²) in [6.07, 6.45) is 2.95. The highest BCUT2D eigenvalue weighted by Crippen LogP contribution is 2.10. The van der Waals surface area contributed by atoms with E-state index in [1.807, 2.05) is 24.3 Å². The molecule has 0 spiro atoms. The van der Waals surface area contributed by atoms with Crippen LogP contribution in [0.25, 0.3) is 0 Å². The number of nitrogens with two attached hydrogens (primary N) is 1. The zero-order chi connectivity index (χ0) is 13.0. The molecule has 94 valence electrons. The molecule has 1 heterocycles. The Morgan fingerprint density at radius 2 is 1.89 bits per heavy atom. The van der Waals surface area contributed by atoms with Gasteiger partial charge in [-0.3, -0.25) is 4.79 Å². The van der Waals surface area contributed by atoms with Gasteiger partial charge in [-0.05, 0) is 17.2 Å². The molecule has 0 saturated carbocycles. The van der Waals surface area contributed by atoms with E-state index in [4.69, 9.17) is 10.2 Å². The molecular formula is C14H16N2O2. The van der Waals surface area contributed by atoms with E-state index >= 15 is 0 Å². The SMILES string of the molecule is CN(Cc1ccc(CN)cc1)C(=O)c1ccoc1. The van der Waals surface area contributed by atoms with E-state index in [1.54, 1.807) is 18.0 Å². The van der Waals surface area contributed by atoms with Crippen LogP contribution in [-0.4, -0.2) is 17.9 Å². The van der Waals surface area contributed by atoms with Crippen molar-refractivity contribution in [3.8, 4) is 0 Å². The fraction of sp³-hybridized carbons (Fsp3) is 0.214. The number of hydrogen-bond acceptors (Lipinski definition) is 3. The van der Waals surface area contributed by atoms with Crippen LogP contribution in [0.15, 0.2) is 47.3 Å². The number of carbonyl (C=O) groups is 1. The van der Waals surface area contributed by atoms with Crippen LogP contribution >= 0.6 is 0 Å². The highest BCUT2D eigenvalue weighted by atomic mass is 16.3. The molecule has 0 aliphatic heterocycles. The van der Waals surface area contributed by atoms with Gasteiger partial charge in [-0.15, -0.1) is 0 Å². The van der Waals surface area contributed by atoms with Gasteiger partial charge in [0.1, 0.15) is 6.26 Å². The van der Waals surface area contributed by atoms with Crippen molar-refractivity contribution in [3.05, 3.63) is 59.5 Å². The molecule has 4 heteroatoms. The molecule has 0 atom stereocenters. The van der Waals surface area contributed by atoms with Crippen molar-refractivity contribution < 1.29 is 9.21 Å². The summed E-state index contributed by atoms with van der Waals surface area (Å²) in [5.74, 6) is -0.0494. The maximum absolute atomic E-state index is 12.0. The average molecular weight is 244 g/mol. The summed E-state index contributed by atoms with van der Waals surface area (Å²) in [5.41, 5.74) is 8.27. The second-order valence-corrected chi connectivity index (χ2v) is 4.19. The van der Waals surface area contributed by atoms with Gasteiger partial charge in [0.05, 0.1) is 11.8 Å². The van der Waals surface area contributed by atoms with Crippen LogP contribution in [0.5, 0.6) is 0 Å². The Morgan fingerprint density at radius 3 is 2.44 bits per heavy atom. The molecule has 0 saturated heterocycles. The average Bonchev–Trinajstić information content (AvgIpc) is 2.92. The number of rotatable bonds is 4. The predicted molar refractivity (Wildman–Crippen MR) is 68.8 cm³/mol. The van der Waals surface area contributed by atoms with Gasteiger partial charge in [0.25, 0.3) is 5.91 Å². The van der Waals surface area contributed by atoms with Gasteiger partial charge in [0.15, 0.2) is 0 Å². The number of furan rings is 1. The van der Waals surface area contributed by atoms with E-state index in [9.17, 15) is 4.79 Å². The lowest BCUT2D eigenvalue weighted by Gasteiger charge is -2.16. The molecule has 1 amide bonds. The summed E-state index contributed by atoms with van der Waals surface area (Å²) >= 11 is 0. The lowest BCUT2D eigenvalue weighted by atomic mass is 10.1. The molecular weight excluding hydrogens is 228 g/mol. The molecule has 1 aromatic heterocycles. The van der Waals surface area contributed by atoms with E-state index in [0.717, 1.165) is 11.1 Å². The minimum absolute atomic E-state index is 0.0494. The molecule has 1 aromatic carbocycles. The van der Waals surface area contributed by atoms with Crippen molar-refractivity contribution in [2.75, 3.05) is 7.05 Å². The summed E-state index contributed by atoms with van der Waals surface area (Å²) in [5, 5.41) is 0. The normalized spacial score (nSPS) is 10.3. The van der Waals surface area contributed by atoms with Gasteiger partial charge >= 0.3 is 0 Å². The van der Waals surface area contributed by atoms with E-state index in [1.165, 1.54) is 12.5 Å². The van der Waals surface area contributed by atoms with Crippen LogP contribution in [0.2, 0.25) is 0 Å². The minimum Gasteiger partial charge on any atom is -0.472 e. The topological polar surface area (TPSA) is 59.5 Å². The molecule has 0 aliphatic carbocycles. The van der Waals surface area contributed by atoms with Crippen molar-refractivity contribution >= 4 is 5.91 Å². The Kier molecular flexibility index (Phi) is 3.79. The highest BCUT2D eigenvalue weighted by Gasteiger charge is 2.12. The van der Waals surface area contributed by atoms with Crippen LogP contribution in [0.1, 0.15) is 21.5 Å². The van der Waals surface area contributed by atoms with Gasteiger partial charge in [-0.1, -0.05) is 24.3 Å². The summed E-state index contributed by atoms with van der Waals surface area (Å²) in [7, 11) is 1.77. The summed E-state index contributed by atoms with van der Waals surface area (Å²) in [6.45, 7) is 1.10. The Bertz CT molecular complexity index is 503. The fourth-order valence-corrected chi connectivity index (χ4v) is 1.73. The lowest BCUT2D eigenvalue weighted by molar-refractivity contribution is 0.0784. The monoisotopic (exact) mass is 244 g/mol. The van der Waals surface area contributed by atoms with Crippen molar-refractivity contribution in [1.29, 1.82) is 0 Å². The highest BCUT2D eigenvalue weighted by molar-refractivity contribution is 5.93. The first-order valence-corrected chi connectivity index (χ1v) is 5.76. The smallest absolute Gasteiger partial charge is 0.257 e. The standard InChI is InChI=1S/C14H16N2O2/c1-16(14(17)13-6-7-18-10-13)9-12-4-2-11(8-15)3-5-12/h2-7,10H,8-9,15H2,1H3. The van der Waals surface area contributed by atoms with Crippen molar-refractivity contribution in [3.63, 3.8) is 0 Å². The maximum Gasteiger partial charge on any atom is 0.257 e. The molecule has 4 nitrogen and oxygen atoms in total. The van der Waals surface area contributed by atoms with Crippen LogP contribution < -0.4 is 5.73 Å². The van der Waals surface area contributed by atoms with Gasteiger partial charge in [-0.2, -0.15) is 0 Å². The molecule has 0 radical (unpaired) electrons. The van der Waals surface area contributed by atoms with Gasteiger partial charge in [0.2, 0.25) is 0 Å². The van der Waals surface area contributed by atoms with Crippen molar-refractivity contribution in [2.45, 2.75) is 13.1 Å². The molecule has 0 aliphatic rings. The first-order chi connectivity index (χ1) is 8.70. The van der Waals surface area contributed by atoms with E-state index in [2.05, 4.69) is 0 Å². The largest absolute Gasteiger partial charge is 0.472 e. The number of nitrogens with zero attached hydrogens (tertiary/aromatic N) is 1. The lowest BCUT2D eigenvalue weighted by Crippen LogP contribution is -2.25. The molecule has 0 unspecified atom stereocenters. The Hall–Kier alpha value is -2.07. The number of hydrogen-bond donors (Lipinski definition) is 1. The van der Waals surface area contributed by atoms with Gasteiger partial charge in [-0.25, -0.2) is 0 Å². The molecule has 0 fully saturated rings.